The average Bonchev–Trinajstić information content (AvgIpc) is 3.25. The highest BCUT2D eigenvalue weighted by Crippen LogP contribution is 2.33. The lowest BCUT2D eigenvalue weighted by Crippen LogP contribution is -2.42. The number of aromatic nitrogens is 1. The molecule has 3 heterocycles. The maximum atomic E-state index is 13.1. The van der Waals surface area contributed by atoms with Crippen LogP contribution in [0.1, 0.15) is 32.6 Å². The Labute approximate surface area is 188 Å². The number of benzene rings is 2. The van der Waals surface area contributed by atoms with Crippen molar-refractivity contribution < 1.29 is 4.79 Å². The monoisotopic (exact) mass is 425 g/mol. The molecule has 1 fully saturated rings. The molecular weight excluding hydrogens is 398 g/mol. The van der Waals surface area contributed by atoms with Crippen LogP contribution in [0.2, 0.25) is 0 Å². The number of hydrogen-bond donors (Lipinski definition) is 2. The van der Waals surface area contributed by atoms with Crippen molar-refractivity contribution in [2.24, 2.45) is 4.99 Å². The van der Waals surface area contributed by atoms with Crippen LogP contribution in [0.15, 0.2) is 65.8 Å². The third kappa shape index (κ3) is 4.33. The van der Waals surface area contributed by atoms with E-state index in [1.165, 1.54) is 5.56 Å². The van der Waals surface area contributed by atoms with Crippen molar-refractivity contribution in [2.75, 3.05) is 31.5 Å². The predicted octanol–water partition coefficient (Wildman–Crippen LogP) is 3.72. The minimum Gasteiger partial charge on any atom is -0.314 e. The number of rotatable bonds is 5. The third-order valence-corrected chi connectivity index (χ3v) is 6.11. The van der Waals surface area contributed by atoms with Crippen molar-refractivity contribution >= 4 is 23.1 Å². The number of carbonyl (C=O) groups is 1. The molecule has 0 radical (unpaired) electrons. The SMILES string of the molecule is Cc1ccccc1C1=Nc2c(cccc2C(=O)Nc2ccc(CN3CCNCC3)cn2)C1. The molecule has 0 spiro atoms. The van der Waals surface area contributed by atoms with Gasteiger partial charge in [-0.15, -0.1) is 0 Å². The van der Waals surface area contributed by atoms with Gasteiger partial charge in [-0.2, -0.15) is 0 Å². The Morgan fingerprint density at radius 3 is 2.69 bits per heavy atom. The first kappa shape index (κ1) is 20.5. The molecular formula is C26H27N5O. The topological polar surface area (TPSA) is 69.6 Å². The Hall–Kier alpha value is -3.35. The van der Waals surface area contributed by atoms with Crippen molar-refractivity contribution in [3.63, 3.8) is 0 Å². The third-order valence-electron chi connectivity index (χ3n) is 6.11. The Kier molecular flexibility index (Phi) is 5.79. The van der Waals surface area contributed by atoms with Gasteiger partial charge in [0.2, 0.25) is 0 Å². The summed E-state index contributed by atoms with van der Waals surface area (Å²) in [5.41, 5.74) is 6.91. The van der Waals surface area contributed by atoms with Gasteiger partial charge in [0.15, 0.2) is 0 Å². The van der Waals surface area contributed by atoms with Gasteiger partial charge >= 0.3 is 0 Å². The number of aliphatic imine (C=N–C) groups is 1. The first-order chi connectivity index (χ1) is 15.7. The van der Waals surface area contributed by atoms with Crippen LogP contribution in [0.4, 0.5) is 11.5 Å². The largest absolute Gasteiger partial charge is 0.314 e. The predicted molar refractivity (Wildman–Crippen MR) is 128 cm³/mol. The second-order valence-corrected chi connectivity index (χ2v) is 8.40. The van der Waals surface area contributed by atoms with E-state index in [1.807, 2.05) is 48.7 Å². The van der Waals surface area contributed by atoms with Crippen LogP contribution in [-0.2, 0) is 13.0 Å². The molecule has 1 aromatic heterocycles. The normalized spacial score (nSPS) is 15.8. The van der Waals surface area contributed by atoms with Crippen molar-refractivity contribution in [1.82, 2.24) is 15.2 Å². The molecule has 1 amide bonds. The van der Waals surface area contributed by atoms with E-state index in [9.17, 15) is 4.79 Å². The van der Waals surface area contributed by atoms with Crippen molar-refractivity contribution in [3.05, 3.63) is 88.6 Å². The second kappa shape index (κ2) is 9.02. The fourth-order valence-electron chi connectivity index (χ4n) is 4.36. The zero-order valence-corrected chi connectivity index (χ0v) is 18.3. The molecule has 6 nitrogen and oxygen atoms in total. The highest BCUT2D eigenvalue weighted by Gasteiger charge is 2.23. The standard InChI is InChI=1S/C26H27N5O/c1-18-5-2-3-7-21(18)23-15-20-6-4-8-22(25(20)29-23)26(32)30-24-10-9-19(16-28-24)17-31-13-11-27-12-14-31/h2-10,16,27H,11-15,17H2,1H3,(H,28,30,32). The number of piperazine rings is 1. The molecule has 5 rings (SSSR count). The van der Waals surface area contributed by atoms with Gasteiger partial charge in [-0.25, -0.2) is 4.98 Å². The summed E-state index contributed by atoms with van der Waals surface area (Å²) in [7, 11) is 0. The number of fused-ring (bicyclic) bond motifs is 1. The molecule has 0 bridgehead atoms. The minimum absolute atomic E-state index is 0.181. The highest BCUT2D eigenvalue weighted by atomic mass is 16.1. The summed E-state index contributed by atoms with van der Waals surface area (Å²) in [5.74, 6) is 0.372. The molecule has 162 valence electrons. The van der Waals surface area contributed by atoms with Gasteiger partial charge < -0.3 is 10.6 Å². The summed E-state index contributed by atoms with van der Waals surface area (Å²) in [5, 5.41) is 6.31. The van der Waals surface area contributed by atoms with E-state index in [1.54, 1.807) is 0 Å². The van der Waals surface area contributed by atoms with E-state index in [4.69, 9.17) is 4.99 Å². The van der Waals surface area contributed by atoms with Crippen LogP contribution < -0.4 is 10.6 Å². The van der Waals surface area contributed by atoms with Gasteiger partial charge in [0.1, 0.15) is 5.82 Å². The van der Waals surface area contributed by atoms with Gasteiger partial charge in [-0.05, 0) is 41.3 Å². The van der Waals surface area contributed by atoms with Crippen LogP contribution >= 0.6 is 0 Å². The second-order valence-electron chi connectivity index (χ2n) is 8.40. The number of nitrogens with one attached hydrogen (secondary N) is 2. The Balaban J connectivity index is 1.31. The lowest BCUT2D eigenvalue weighted by atomic mass is 9.99. The van der Waals surface area contributed by atoms with E-state index >= 15 is 0 Å². The lowest BCUT2D eigenvalue weighted by molar-refractivity contribution is 0.102. The Morgan fingerprint density at radius 2 is 1.91 bits per heavy atom. The maximum Gasteiger partial charge on any atom is 0.259 e. The van der Waals surface area contributed by atoms with Gasteiger partial charge in [0, 0.05) is 45.3 Å². The average molecular weight is 426 g/mol. The van der Waals surface area contributed by atoms with Gasteiger partial charge in [-0.1, -0.05) is 42.5 Å². The van der Waals surface area contributed by atoms with Crippen LogP contribution in [0.3, 0.4) is 0 Å². The van der Waals surface area contributed by atoms with Crippen LogP contribution in [0.5, 0.6) is 0 Å². The summed E-state index contributed by atoms with van der Waals surface area (Å²) in [6, 6.07) is 17.9. The van der Waals surface area contributed by atoms with E-state index in [2.05, 4.69) is 39.6 Å². The summed E-state index contributed by atoms with van der Waals surface area (Å²) in [6.45, 7) is 7.11. The summed E-state index contributed by atoms with van der Waals surface area (Å²) in [4.78, 5) is 24.8. The maximum absolute atomic E-state index is 13.1. The van der Waals surface area contributed by atoms with Crippen molar-refractivity contribution in [2.45, 2.75) is 19.9 Å². The molecule has 2 N–H and O–H groups in total. The fourth-order valence-corrected chi connectivity index (χ4v) is 4.36. The van der Waals surface area contributed by atoms with Gasteiger partial charge in [0.25, 0.3) is 5.91 Å². The number of pyridine rings is 1. The minimum atomic E-state index is -0.181. The number of amides is 1. The molecule has 1 saturated heterocycles. The van der Waals surface area contributed by atoms with E-state index in [-0.39, 0.29) is 5.91 Å². The number of aryl methyl sites for hydroxylation is 1. The summed E-state index contributed by atoms with van der Waals surface area (Å²) >= 11 is 0. The lowest BCUT2D eigenvalue weighted by Gasteiger charge is -2.27. The number of para-hydroxylation sites is 1. The quantitative estimate of drug-likeness (QED) is 0.654. The molecule has 0 saturated carbocycles. The summed E-state index contributed by atoms with van der Waals surface area (Å²) < 4.78 is 0. The fraction of sp³-hybridized carbons (Fsp3) is 0.269. The van der Waals surface area contributed by atoms with Crippen molar-refractivity contribution in [3.8, 4) is 0 Å². The van der Waals surface area contributed by atoms with Gasteiger partial charge in [0.05, 0.1) is 17.0 Å². The summed E-state index contributed by atoms with van der Waals surface area (Å²) in [6.07, 6.45) is 2.59. The molecule has 32 heavy (non-hydrogen) atoms. The van der Waals surface area contributed by atoms with E-state index in [0.29, 0.717) is 11.4 Å². The molecule has 0 aliphatic carbocycles. The van der Waals surface area contributed by atoms with Crippen LogP contribution in [-0.4, -0.2) is 47.7 Å². The zero-order chi connectivity index (χ0) is 21.9. The Bertz CT molecular complexity index is 1160. The zero-order valence-electron chi connectivity index (χ0n) is 18.3. The molecule has 0 atom stereocenters. The first-order valence-electron chi connectivity index (χ1n) is 11.1. The molecule has 3 aromatic rings. The molecule has 2 aliphatic heterocycles. The molecule has 6 heteroatoms. The van der Waals surface area contributed by atoms with Gasteiger partial charge in [-0.3, -0.25) is 14.7 Å². The molecule has 2 aromatic carbocycles. The number of anilines is 1. The Morgan fingerprint density at radius 1 is 1.06 bits per heavy atom. The van der Waals surface area contributed by atoms with Crippen LogP contribution in [0, 0.1) is 6.92 Å². The number of hydrogen-bond acceptors (Lipinski definition) is 5. The number of nitrogens with zero attached hydrogens (tertiary/aromatic N) is 3. The highest BCUT2D eigenvalue weighted by molar-refractivity contribution is 6.13. The van der Waals surface area contributed by atoms with Crippen LogP contribution in [0.25, 0.3) is 0 Å². The van der Waals surface area contributed by atoms with E-state index in [0.717, 1.165) is 67.2 Å². The first-order valence-corrected chi connectivity index (χ1v) is 11.1. The van der Waals surface area contributed by atoms with E-state index < -0.39 is 0 Å². The molecule has 0 unspecified atom stereocenters. The smallest absolute Gasteiger partial charge is 0.259 e. The molecule has 2 aliphatic rings. The van der Waals surface area contributed by atoms with Crippen molar-refractivity contribution in [1.29, 1.82) is 0 Å². The number of carbonyl (C=O) groups excluding carboxylic acids is 1.